The number of alkyl halides is 2. The van der Waals surface area contributed by atoms with E-state index in [9.17, 15) is 22.8 Å². The number of nitrogens with zero attached hydrogens (tertiary/aromatic N) is 5. The van der Waals surface area contributed by atoms with E-state index in [0.29, 0.717) is 23.7 Å². The molecule has 0 spiro atoms. The van der Waals surface area contributed by atoms with E-state index in [0.717, 1.165) is 37.2 Å². The zero-order valence-electron chi connectivity index (χ0n) is 25.9. The van der Waals surface area contributed by atoms with Crippen molar-refractivity contribution in [2.75, 3.05) is 43.9 Å². The zero-order chi connectivity index (χ0) is 33.2. The molecule has 1 unspecified atom stereocenters. The molecule has 0 aliphatic carbocycles. The molecule has 4 aromatic rings. The topological polar surface area (TPSA) is 82.9 Å². The first-order chi connectivity index (χ1) is 22.6. The lowest BCUT2D eigenvalue weighted by molar-refractivity contribution is -0.121. The van der Waals surface area contributed by atoms with E-state index in [1.807, 2.05) is 12.1 Å². The second kappa shape index (κ2) is 13.7. The summed E-state index contributed by atoms with van der Waals surface area (Å²) in [6, 6.07) is 15.4. The van der Waals surface area contributed by atoms with Crippen LogP contribution in [0.15, 0.2) is 73.1 Å². The molecular formula is C34H34ClF3N6O3. The number of halogens is 4. The van der Waals surface area contributed by atoms with Crippen LogP contribution in [0.3, 0.4) is 0 Å². The highest BCUT2D eigenvalue weighted by Crippen LogP contribution is 2.38. The van der Waals surface area contributed by atoms with Crippen LogP contribution in [-0.4, -0.2) is 77.8 Å². The molecule has 3 heterocycles. The van der Waals surface area contributed by atoms with Crippen molar-refractivity contribution in [1.82, 2.24) is 19.6 Å². The second-order valence-corrected chi connectivity index (χ2v) is 12.2. The molecule has 9 nitrogen and oxygen atoms in total. The van der Waals surface area contributed by atoms with Gasteiger partial charge < -0.3 is 24.8 Å². The van der Waals surface area contributed by atoms with Crippen LogP contribution < -0.4 is 15.0 Å². The number of aromatic nitrogens is 2. The number of nitrogens with one attached hydrogen (secondary N) is 1. The van der Waals surface area contributed by atoms with Gasteiger partial charge in [-0.15, -0.1) is 0 Å². The SMILES string of the molecule is CN(C)C1CCN(c2cccc3c2CCN(C(=O)c2cnn(-c4cccc(Cl)c4F)c2)C3C(=O)Nc2ccc(OC(F)F)cc2)CC1. The maximum atomic E-state index is 14.7. The van der Waals surface area contributed by atoms with Gasteiger partial charge in [-0.05, 0) is 86.9 Å². The zero-order valence-corrected chi connectivity index (χ0v) is 26.6. The number of fused-ring (bicyclic) bond motifs is 1. The molecule has 2 aliphatic rings. The lowest BCUT2D eigenvalue weighted by Crippen LogP contribution is -2.46. The molecule has 1 saturated heterocycles. The summed E-state index contributed by atoms with van der Waals surface area (Å²) in [6.07, 6.45) is 5.28. The van der Waals surface area contributed by atoms with Crippen LogP contribution in [0.25, 0.3) is 5.69 Å². The van der Waals surface area contributed by atoms with Crippen LogP contribution in [0, 0.1) is 5.82 Å². The van der Waals surface area contributed by atoms with Gasteiger partial charge in [-0.3, -0.25) is 9.59 Å². The van der Waals surface area contributed by atoms with E-state index in [-0.39, 0.29) is 28.6 Å². The molecule has 6 rings (SSSR count). The number of hydrogen-bond acceptors (Lipinski definition) is 6. The van der Waals surface area contributed by atoms with Crippen LogP contribution >= 0.6 is 11.6 Å². The Morgan fingerprint density at radius 1 is 1.00 bits per heavy atom. The van der Waals surface area contributed by atoms with Gasteiger partial charge in [0.2, 0.25) is 0 Å². The van der Waals surface area contributed by atoms with Crippen molar-refractivity contribution < 1.29 is 27.5 Å². The number of hydrogen-bond donors (Lipinski definition) is 1. The van der Waals surface area contributed by atoms with Crippen molar-refractivity contribution in [2.24, 2.45) is 0 Å². The number of carbonyl (C=O) groups is 2. The Labute approximate surface area is 275 Å². The lowest BCUT2D eigenvalue weighted by Gasteiger charge is -2.41. The summed E-state index contributed by atoms with van der Waals surface area (Å²) in [5.74, 6) is -1.65. The predicted octanol–water partition coefficient (Wildman–Crippen LogP) is 6.17. The van der Waals surface area contributed by atoms with Crippen LogP contribution in [0.4, 0.5) is 24.5 Å². The van der Waals surface area contributed by atoms with E-state index in [2.05, 4.69) is 45.1 Å². The first-order valence-electron chi connectivity index (χ1n) is 15.3. The fraction of sp³-hybridized carbons (Fsp3) is 0.324. The first-order valence-corrected chi connectivity index (χ1v) is 15.7. The van der Waals surface area contributed by atoms with Gasteiger partial charge in [0.25, 0.3) is 11.8 Å². The predicted molar refractivity (Wildman–Crippen MR) is 173 cm³/mol. The van der Waals surface area contributed by atoms with Gasteiger partial charge in [0.1, 0.15) is 17.5 Å². The molecular weight excluding hydrogens is 633 g/mol. The van der Waals surface area contributed by atoms with E-state index < -0.39 is 30.3 Å². The third kappa shape index (κ3) is 6.79. The normalized spacial score (nSPS) is 16.8. The molecule has 1 N–H and O–H groups in total. The summed E-state index contributed by atoms with van der Waals surface area (Å²) < 4.78 is 45.7. The molecule has 1 atom stereocenters. The maximum Gasteiger partial charge on any atom is 0.387 e. The van der Waals surface area contributed by atoms with Crippen molar-refractivity contribution in [3.8, 4) is 11.4 Å². The summed E-state index contributed by atoms with van der Waals surface area (Å²) in [6.45, 7) is -1.00. The van der Waals surface area contributed by atoms with Crippen LogP contribution in [-0.2, 0) is 11.2 Å². The van der Waals surface area contributed by atoms with Crippen molar-refractivity contribution in [2.45, 2.75) is 38.0 Å². The summed E-state index contributed by atoms with van der Waals surface area (Å²) in [5, 5.41) is 6.98. The number of ether oxygens (including phenoxy) is 1. The van der Waals surface area contributed by atoms with E-state index >= 15 is 0 Å². The standard InChI is InChI=1S/C34H34ClF3N6O3/c1-41(2)23-13-16-42(17-14-23)28-7-3-5-26-25(28)15-18-43(31(26)32(45)40-22-9-11-24(12-10-22)47-34(37)38)33(46)21-19-39-44(20-21)29-8-4-6-27(35)30(29)36/h3-12,19-20,23,31,34H,13-18H2,1-2H3,(H,40,45). The molecule has 0 bridgehead atoms. The Kier molecular flexibility index (Phi) is 9.42. The highest BCUT2D eigenvalue weighted by atomic mass is 35.5. The van der Waals surface area contributed by atoms with Gasteiger partial charge in [0.15, 0.2) is 5.82 Å². The Morgan fingerprint density at radius 3 is 2.40 bits per heavy atom. The van der Waals surface area contributed by atoms with Crippen molar-refractivity contribution in [3.63, 3.8) is 0 Å². The Morgan fingerprint density at radius 2 is 1.70 bits per heavy atom. The van der Waals surface area contributed by atoms with Gasteiger partial charge in [-0.2, -0.15) is 13.9 Å². The fourth-order valence-corrected chi connectivity index (χ4v) is 6.57. The van der Waals surface area contributed by atoms with Gasteiger partial charge >= 0.3 is 6.61 Å². The molecule has 3 aromatic carbocycles. The Hall–Kier alpha value is -4.55. The summed E-state index contributed by atoms with van der Waals surface area (Å²) in [5.41, 5.74) is 3.33. The number of amides is 2. The fourth-order valence-electron chi connectivity index (χ4n) is 6.40. The maximum absolute atomic E-state index is 14.7. The van der Waals surface area contributed by atoms with E-state index in [1.54, 1.807) is 6.07 Å². The number of benzene rings is 3. The smallest absolute Gasteiger partial charge is 0.387 e. The third-order valence-corrected chi connectivity index (χ3v) is 9.09. The van der Waals surface area contributed by atoms with Crippen LogP contribution in [0.1, 0.15) is 40.4 Å². The largest absolute Gasteiger partial charge is 0.435 e. The molecule has 1 aromatic heterocycles. The molecule has 47 heavy (non-hydrogen) atoms. The van der Waals surface area contributed by atoms with Crippen molar-refractivity contribution in [1.29, 1.82) is 0 Å². The average Bonchev–Trinajstić information content (AvgIpc) is 3.55. The molecule has 246 valence electrons. The van der Waals surface area contributed by atoms with Gasteiger partial charge in [-0.25, -0.2) is 9.07 Å². The van der Waals surface area contributed by atoms with E-state index in [1.165, 1.54) is 58.4 Å². The van der Waals surface area contributed by atoms with Crippen molar-refractivity contribution in [3.05, 3.63) is 101 Å². The number of piperidine rings is 1. The van der Waals surface area contributed by atoms with Crippen LogP contribution in [0.2, 0.25) is 5.02 Å². The van der Waals surface area contributed by atoms with E-state index in [4.69, 9.17) is 11.6 Å². The molecule has 0 radical (unpaired) electrons. The number of carbonyl (C=O) groups excluding carboxylic acids is 2. The monoisotopic (exact) mass is 666 g/mol. The number of anilines is 2. The summed E-state index contributed by atoms with van der Waals surface area (Å²) in [7, 11) is 4.18. The lowest BCUT2D eigenvalue weighted by atomic mass is 9.89. The highest BCUT2D eigenvalue weighted by molar-refractivity contribution is 6.30. The number of rotatable bonds is 8. The molecule has 0 saturated carbocycles. The Balaban J connectivity index is 1.32. The van der Waals surface area contributed by atoms with Crippen LogP contribution in [0.5, 0.6) is 5.75 Å². The minimum Gasteiger partial charge on any atom is -0.435 e. The Bertz CT molecular complexity index is 1760. The van der Waals surface area contributed by atoms with Gasteiger partial charge in [0, 0.05) is 43.2 Å². The van der Waals surface area contributed by atoms with Crippen molar-refractivity contribution >= 4 is 34.8 Å². The minimum atomic E-state index is -2.98. The molecule has 2 aliphatic heterocycles. The third-order valence-electron chi connectivity index (χ3n) is 8.80. The first kappa shape index (κ1) is 32.4. The average molecular weight is 667 g/mol. The van der Waals surface area contributed by atoms with Gasteiger partial charge in [0.05, 0.1) is 16.8 Å². The summed E-state index contributed by atoms with van der Waals surface area (Å²) in [4.78, 5) is 34.3. The summed E-state index contributed by atoms with van der Waals surface area (Å²) >= 11 is 5.96. The molecule has 13 heteroatoms. The minimum absolute atomic E-state index is 0.0475. The second-order valence-electron chi connectivity index (χ2n) is 11.8. The highest BCUT2D eigenvalue weighted by Gasteiger charge is 2.38. The quantitative estimate of drug-likeness (QED) is 0.242. The molecule has 2 amide bonds. The van der Waals surface area contributed by atoms with Gasteiger partial charge in [-0.1, -0.05) is 29.8 Å². The molecule has 1 fully saturated rings.